The number of aryl methyl sites for hydroxylation is 1. The van der Waals surface area contributed by atoms with E-state index in [1.807, 2.05) is 30.3 Å². The molecule has 2 unspecified atom stereocenters. The SMILES string of the molecule is CCC1(OC)C(=O)OCc2c1cc1n(c2=O)Cc2c-1nc1cc(F)c(C)c3c1c2C(NC(=O)OCc1ccccc1)CC3. The molecule has 0 saturated heterocycles. The number of nitrogens with zero attached hydrogens (tertiary/aromatic N) is 2. The van der Waals surface area contributed by atoms with E-state index in [-0.39, 0.29) is 37.6 Å². The largest absolute Gasteiger partial charge is 0.458 e. The highest BCUT2D eigenvalue weighted by atomic mass is 19.1. The van der Waals surface area contributed by atoms with Crippen LogP contribution < -0.4 is 10.9 Å². The first-order valence-electron chi connectivity index (χ1n) is 14.4. The fourth-order valence-corrected chi connectivity index (χ4v) is 6.93. The van der Waals surface area contributed by atoms with Gasteiger partial charge in [0.1, 0.15) is 19.0 Å². The number of hydrogen-bond donors (Lipinski definition) is 1. The summed E-state index contributed by atoms with van der Waals surface area (Å²) in [6, 6.07) is 12.2. The molecule has 220 valence electrons. The first kappa shape index (κ1) is 27.3. The molecular weight excluding hydrogens is 553 g/mol. The number of carbonyl (C=O) groups is 2. The number of pyridine rings is 2. The average Bonchev–Trinajstić information content (AvgIpc) is 3.38. The monoisotopic (exact) mass is 583 g/mol. The van der Waals surface area contributed by atoms with Crippen LogP contribution in [0.1, 0.15) is 64.8 Å². The lowest BCUT2D eigenvalue weighted by Gasteiger charge is -2.35. The maximum Gasteiger partial charge on any atom is 0.407 e. The van der Waals surface area contributed by atoms with Crippen LogP contribution in [0.4, 0.5) is 9.18 Å². The summed E-state index contributed by atoms with van der Waals surface area (Å²) in [5.41, 5.74) is 4.43. The maximum atomic E-state index is 15.1. The summed E-state index contributed by atoms with van der Waals surface area (Å²) in [5.74, 6) is -0.905. The zero-order valence-electron chi connectivity index (χ0n) is 24.1. The Hall–Kier alpha value is -4.57. The van der Waals surface area contributed by atoms with Crippen molar-refractivity contribution in [2.24, 2.45) is 0 Å². The van der Waals surface area contributed by atoms with E-state index in [4.69, 9.17) is 19.2 Å². The molecule has 43 heavy (non-hydrogen) atoms. The molecule has 0 radical (unpaired) electrons. The Kier molecular flexibility index (Phi) is 6.35. The Balaban J connectivity index is 1.37. The molecule has 2 aliphatic heterocycles. The molecular formula is C33H30FN3O6. The molecule has 1 amide bonds. The standard InChI is InChI=1S/C33H30FN3O6/c1-4-33(41-3)22-12-26-29-20(14-37(26)30(38)21(22)16-42-31(33)39)28-24(36-32(40)43-15-18-8-6-5-7-9-18)11-10-19-17(2)23(34)13-25(35-29)27(19)28/h5-9,12-13,24H,4,10-11,14-16H2,1-3H3,(H,36,40). The summed E-state index contributed by atoms with van der Waals surface area (Å²) in [4.78, 5) is 44.7. The van der Waals surface area contributed by atoms with Gasteiger partial charge in [-0.2, -0.15) is 0 Å². The molecule has 4 aromatic rings. The minimum absolute atomic E-state index is 0.121. The quantitative estimate of drug-likeness (QED) is 0.287. The number of hydrogen-bond acceptors (Lipinski definition) is 7. The summed E-state index contributed by atoms with van der Waals surface area (Å²) < 4.78 is 33.4. The van der Waals surface area contributed by atoms with E-state index in [0.717, 1.165) is 27.6 Å². The van der Waals surface area contributed by atoms with Crippen molar-refractivity contribution in [1.29, 1.82) is 0 Å². The first-order chi connectivity index (χ1) is 20.8. The van der Waals surface area contributed by atoms with Gasteiger partial charge in [0.05, 0.1) is 35.1 Å². The minimum atomic E-state index is -1.42. The molecule has 7 rings (SSSR count). The van der Waals surface area contributed by atoms with Crippen molar-refractivity contribution in [3.63, 3.8) is 0 Å². The number of carbonyl (C=O) groups excluding carboxylic acids is 2. The molecule has 2 atom stereocenters. The van der Waals surface area contributed by atoms with Crippen LogP contribution in [0.2, 0.25) is 0 Å². The number of fused-ring (bicyclic) bond motifs is 5. The van der Waals surface area contributed by atoms with Gasteiger partial charge in [-0.3, -0.25) is 4.79 Å². The lowest BCUT2D eigenvalue weighted by atomic mass is 9.81. The Bertz CT molecular complexity index is 1900. The highest BCUT2D eigenvalue weighted by molar-refractivity contribution is 5.93. The molecule has 2 aromatic heterocycles. The van der Waals surface area contributed by atoms with Crippen molar-refractivity contribution in [2.75, 3.05) is 7.11 Å². The smallest absolute Gasteiger partial charge is 0.407 e. The summed E-state index contributed by atoms with van der Waals surface area (Å²) in [5, 5.41) is 3.83. The predicted octanol–water partition coefficient (Wildman–Crippen LogP) is 5.09. The highest BCUT2D eigenvalue weighted by Gasteiger charge is 2.47. The van der Waals surface area contributed by atoms with E-state index in [2.05, 4.69) is 5.32 Å². The molecule has 1 N–H and O–H groups in total. The molecule has 1 aliphatic carbocycles. The molecule has 4 heterocycles. The number of nitrogens with one attached hydrogen (secondary N) is 1. The van der Waals surface area contributed by atoms with E-state index in [0.29, 0.717) is 46.4 Å². The Morgan fingerprint density at radius 3 is 2.72 bits per heavy atom. The number of cyclic esters (lactones) is 1. The molecule has 9 nitrogen and oxygen atoms in total. The van der Waals surface area contributed by atoms with E-state index < -0.39 is 23.7 Å². The fraction of sp³-hybridized carbons (Fsp3) is 0.333. The molecule has 2 aromatic carbocycles. The number of rotatable bonds is 5. The van der Waals surface area contributed by atoms with Crippen LogP contribution in [0.25, 0.3) is 22.3 Å². The van der Waals surface area contributed by atoms with Crippen molar-refractivity contribution < 1.29 is 28.2 Å². The second-order valence-electron chi connectivity index (χ2n) is 11.3. The number of alkyl carbamates (subject to hydrolysis) is 1. The van der Waals surface area contributed by atoms with Crippen molar-refractivity contribution in [3.05, 3.63) is 97.6 Å². The van der Waals surface area contributed by atoms with Crippen LogP contribution in [0, 0.1) is 12.7 Å². The highest BCUT2D eigenvalue weighted by Crippen LogP contribution is 2.46. The zero-order valence-corrected chi connectivity index (χ0v) is 24.1. The minimum Gasteiger partial charge on any atom is -0.458 e. The van der Waals surface area contributed by atoms with Crippen molar-refractivity contribution in [1.82, 2.24) is 14.9 Å². The van der Waals surface area contributed by atoms with Crippen LogP contribution >= 0.6 is 0 Å². The van der Waals surface area contributed by atoms with Crippen LogP contribution in [0.5, 0.6) is 0 Å². The topological polar surface area (TPSA) is 109 Å². The second-order valence-corrected chi connectivity index (χ2v) is 11.3. The van der Waals surface area contributed by atoms with Gasteiger partial charge in [-0.05, 0) is 54.5 Å². The third-order valence-corrected chi connectivity index (χ3v) is 9.20. The van der Waals surface area contributed by atoms with Gasteiger partial charge in [-0.25, -0.2) is 19.0 Å². The van der Waals surface area contributed by atoms with E-state index in [1.54, 1.807) is 24.5 Å². The summed E-state index contributed by atoms with van der Waals surface area (Å²) in [6.07, 6.45) is 0.772. The molecule has 0 saturated carbocycles. The number of aromatic nitrogens is 2. The summed E-state index contributed by atoms with van der Waals surface area (Å²) >= 11 is 0. The molecule has 3 aliphatic rings. The molecule has 0 spiro atoms. The third kappa shape index (κ3) is 4.00. The van der Waals surface area contributed by atoms with Gasteiger partial charge < -0.3 is 24.1 Å². The number of halogens is 1. The lowest BCUT2D eigenvalue weighted by molar-refractivity contribution is -0.176. The van der Waals surface area contributed by atoms with E-state index in [1.165, 1.54) is 13.2 Å². The van der Waals surface area contributed by atoms with Crippen molar-refractivity contribution in [3.8, 4) is 11.4 Å². The fourth-order valence-electron chi connectivity index (χ4n) is 6.93. The number of ether oxygens (including phenoxy) is 3. The van der Waals surface area contributed by atoms with Gasteiger partial charge in [-0.15, -0.1) is 0 Å². The van der Waals surface area contributed by atoms with Crippen LogP contribution in [0.3, 0.4) is 0 Å². The average molecular weight is 584 g/mol. The number of esters is 1. The Morgan fingerprint density at radius 2 is 1.98 bits per heavy atom. The number of amides is 1. The van der Waals surface area contributed by atoms with Crippen LogP contribution in [0.15, 0.2) is 47.3 Å². The number of methoxy groups -OCH3 is 1. The van der Waals surface area contributed by atoms with Gasteiger partial charge in [0.25, 0.3) is 5.56 Å². The normalized spacial score (nSPS) is 19.8. The number of benzene rings is 2. The summed E-state index contributed by atoms with van der Waals surface area (Å²) in [7, 11) is 1.42. The predicted molar refractivity (Wildman–Crippen MR) is 155 cm³/mol. The van der Waals surface area contributed by atoms with Gasteiger partial charge in [0, 0.05) is 29.7 Å². The second kappa shape index (κ2) is 10.0. The van der Waals surface area contributed by atoms with Gasteiger partial charge in [-0.1, -0.05) is 37.3 Å². The summed E-state index contributed by atoms with van der Waals surface area (Å²) in [6.45, 7) is 3.73. The lowest BCUT2D eigenvalue weighted by Crippen LogP contribution is -2.45. The van der Waals surface area contributed by atoms with Gasteiger partial charge >= 0.3 is 12.1 Å². The van der Waals surface area contributed by atoms with Crippen LogP contribution in [-0.2, 0) is 50.8 Å². The Labute approximate surface area is 246 Å². The van der Waals surface area contributed by atoms with Crippen molar-refractivity contribution in [2.45, 2.75) is 64.5 Å². The van der Waals surface area contributed by atoms with Crippen molar-refractivity contribution >= 4 is 23.0 Å². The molecule has 0 fully saturated rings. The van der Waals surface area contributed by atoms with E-state index in [9.17, 15) is 14.4 Å². The van der Waals surface area contributed by atoms with Gasteiger partial charge in [0.2, 0.25) is 0 Å². The Morgan fingerprint density at radius 1 is 1.19 bits per heavy atom. The molecule has 0 bridgehead atoms. The van der Waals surface area contributed by atoms with Gasteiger partial charge in [0.15, 0.2) is 5.60 Å². The van der Waals surface area contributed by atoms with Crippen LogP contribution in [-0.4, -0.2) is 28.7 Å². The third-order valence-electron chi connectivity index (χ3n) is 9.20. The molecule has 10 heteroatoms. The zero-order chi connectivity index (χ0) is 30.0. The maximum absolute atomic E-state index is 15.1. The van der Waals surface area contributed by atoms with E-state index >= 15 is 4.39 Å². The first-order valence-corrected chi connectivity index (χ1v) is 14.4.